The Kier molecular flexibility index (Phi) is 5.22. The van der Waals surface area contributed by atoms with Gasteiger partial charge in [-0.25, -0.2) is 4.39 Å². The maximum Gasteiger partial charge on any atom is 0.229 e. The third kappa shape index (κ3) is 3.95. The minimum Gasteiger partial charge on any atom is -0.397 e. The van der Waals surface area contributed by atoms with E-state index in [0.29, 0.717) is 42.3 Å². The molecule has 2 aromatic heterocycles. The third-order valence-corrected chi connectivity index (χ3v) is 4.98. The molecule has 4 rings (SSSR count). The van der Waals surface area contributed by atoms with Crippen molar-refractivity contribution in [2.75, 3.05) is 12.8 Å². The molecule has 3 aromatic rings. The summed E-state index contributed by atoms with van der Waals surface area (Å²) >= 11 is 0. The number of nitrogens with two attached hydrogens (primary N) is 1. The van der Waals surface area contributed by atoms with Gasteiger partial charge >= 0.3 is 0 Å². The van der Waals surface area contributed by atoms with E-state index in [-0.39, 0.29) is 18.1 Å². The largest absolute Gasteiger partial charge is 0.397 e. The number of ether oxygens (including phenoxy) is 1. The molecule has 0 saturated heterocycles. The van der Waals surface area contributed by atoms with Crippen LogP contribution in [0.5, 0.6) is 0 Å². The van der Waals surface area contributed by atoms with Crippen LogP contribution in [-0.4, -0.2) is 27.9 Å². The Labute approximate surface area is 168 Å². The lowest BCUT2D eigenvalue weighted by molar-refractivity contribution is -0.131. The molecule has 0 bridgehead atoms. The van der Waals surface area contributed by atoms with Gasteiger partial charge in [-0.2, -0.15) is 0 Å². The SMILES string of the molecule is COCc1cc2c(cn1)CN(C(=O)Cc1nc(-c3ccccc3F)ccc1N)C2. The van der Waals surface area contributed by atoms with Crippen LogP contribution < -0.4 is 5.73 Å². The lowest BCUT2D eigenvalue weighted by atomic mass is 10.1. The summed E-state index contributed by atoms with van der Waals surface area (Å²) in [6.07, 6.45) is 1.85. The fourth-order valence-electron chi connectivity index (χ4n) is 3.46. The van der Waals surface area contributed by atoms with E-state index in [1.165, 1.54) is 6.07 Å². The van der Waals surface area contributed by atoms with Crippen molar-refractivity contribution in [1.29, 1.82) is 0 Å². The smallest absolute Gasteiger partial charge is 0.229 e. The van der Waals surface area contributed by atoms with Gasteiger partial charge in [0.25, 0.3) is 0 Å². The van der Waals surface area contributed by atoms with Crippen LogP contribution in [0.2, 0.25) is 0 Å². The molecule has 0 spiro atoms. The first kappa shape index (κ1) is 19.0. The second-order valence-electron chi connectivity index (χ2n) is 7.02. The Hall–Kier alpha value is -3.32. The zero-order valence-corrected chi connectivity index (χ0v) is 16.1. The Balaban J connectivity index is 1.52. The first-order valence-electron chi connectivity index (χ1n) is 9.29. The Bertz CT molecular complexity index is 1070. The summed E-state index contributed by atoms with van der Waals surface area (Å²) in [6, 6.07) is 11.7. The number of carbonyl (C=O) groups excluding carboxylic acids is 1. The van der Waals surface area contributed by atoms with Crippen LogP contribution in [0, 0.1) is 5.82 Å². The standard InChI is InChI=1S/C22H21FN4O2/c1-29-13-16-8-14-11-27(12-15(14)10-25-16)22(28)9-21-19(24)6-7-20(26-21)17-4-2-3-5-18(17)23/h2-8,10H,9,11-13,24H2,1H3. The summed E-state index contributed by atoms with van der Waals surface area (Å²) in [5.74, 6) is -0.448. The molecular weight excluding hydrogens is 371 g/mol. The van der Waals surface area contributed by atoms with Crippen molar-refractivity contribution in [3.8, 4) is 11.3 Å². The molecule has 6 nitrogen and oxygen atoms in total. The Morgan fingerprint density at radius 2 is 2.00 bits per heavy atom. The van der Waals surface area contributed by atoms with Crippen LogP contribution in [0.3, 0.4) is 0 Å². The number of hydrogen-bond acceptors (Lipinski definition) is 5. The predicted molar refractivity (Wildman–Crippen MR) is 107 cm³/mol. The minimum absolute atomic E-state index is 0.0560. The quantitative estimate of drug-likeness (QED) is 0.722. The van der Waals surface area contributed by atoms with E-state index in [1.54, 1.807) is 48.5 Å². The first-order chi connectivity index (χ1) is 14.0. The van der Waals surface area contributed by atoms with Gasteiger partial charge < -0.3 is 15.4 Å². The highest BCUT2D eigenvalue weighted by Crippen LogP contribution is 2.26. The average Bonchev–Trinajstić information content (AvgIpc) is 3.14. The van der Waals surface area contributed by atoms with Crippen LogP contribution in [0.4, 0.5) is 10.1 Å². The van der Waals surface area contributed by atoms with Gasteiger partial charge in [0.05, 0.1) is 35.8 Å². The molecule has 7 heteroatoms. The van der Waals surface area contributed by atoms with E-state index in [9.17, 15) is 9.18 Å². The van der Waals surface area contributed by atoms with E-state index >= 15 is 0 Å². The van der Waals surface area contributed by atoms with Gasteiger partial charge in [0, 0.05) is 32.0 Å². The van der Waals surface area contributed by atoms with Crippen molar-refractivity contribution in [1.82, 2.24) is 14.9 Å². The number of aromatic nitrogens is 2. The second-order valence-corrected chi connectivity index (χ2v) is 7.02. The topological polar surface area (TPSA) is 81.3 Å². The van der Waals surface area contributed by atoms with Crippen LogP contribution in [0.25, 0.3) is 11.3 Å². The van der Waals surface area contributed by atoms with Crippen molar-refractivity contribution < 1.29 is 13.9 Å². The number of pyridine rings is 2. The summed E-state index contributed by atoms with van der Waals surface area (Å²) in [5.41, 5.74) is 10.7. The molecular formula is C22H21FN4O2. The number of rotatable bonds is 5. The van der Waals surface area contributed by atoms with Crippen LogP contribution >= 0.6 is 0 Å². The number of nitrogens with zero attached hydrogens (tertiary/aromatic N) is 3. The highest BCUT2D eigenvalue weighted by molar-refractivity contribution is 5.81. The van der Waals surface area contributed by atoms with E-state index in [1.807, 2.05) is 6.07 Å². The molecule has 2 N–H and O–H groups in total. The van der Waals surface area contributed by atoms with E-state index in [2.05, 4.69) is 9.97 Å². The Morgan fingerprint density at radius 3 is 2.79 bits per heavy atom. The van der Waals surface area contributed by atoms with Crippen LogP contribution in [-0.2, 0) is 35.6 Å². The number of fused-ring (bicyclic) bond motifs is 1. The molecule has 148 valence electrons. The van der Waals surface area contributed by atoms with Crippen molar-refractivity contribution in [3.05, 3.63) is 77.0 Å². The van der Waals surface area contributed by atoms with Crippen LogP contribution in [0.1, 0.15) is 22.5 Å². The van der Waals surface area contributed by atoms with Crippen molar-refractivity contribution in [2.24, 2.45) is 0 Å². The van der Waals surface area contributed by atoms with Crippen LogP contribution in [0.15, 0.2) is 48.7 Å². The summed E-state index contributed by atoms with van der Waals surface area (Å²) < 4.78 is 19.2. The maximum atomic E-state index is 14.1. The van der Waals surface area contributed by atoms with Crippen molar-refractivity contribution in [3.63, 3.8) is 0 Å². The second kappa shape index (κ2) is 7.97. The maximum absolute atomic E-state index is 14.1. The van der Waals surface area contributed by atoms with E-state index < -0.39 is 0 Å². The van der Waals surface area contributed by atoms with E-state index in [4.69, 9.17) is 10.5 Å². The highest BCUT2D eigenvalue weighted by Gasteiger charge is 2.25. The summed E-state index contributed by atoms with van der Waals surface area (Å²) in [6.45, 7) is 1.45. The van der Waals surface area contributed by atoms with Gasteiger partial charge in [-0.05, 0) is 41.5 Å². The zero-order chi connectivity index (χ0) is 20.4. The number of anilines is 1. The fraction of sp³-hybridized carbons (Fsp3) is 0.227. The lowest BCUT2D eigenvalue weighted by Crippen LogP contribution is -2.27. The molecule has 1 aromatic carbocycles. The molecule has 3 heterocycles. The number of methoxy groups -OCH3 is 1. The van der Waals surface area contributed by atoms with Gasteiger partial charge in [-0.1, -0.05) is 12.1 Å². The third-order valence-electron chi connectivity index (χ3n) is 4.98. The normalized spacial score (nSPS) is 12.8. The molecule has 0 unspecified atom stereocenters. The molecule has 0 radical (unpaired) electrons. The summed E-state index contributed by atoms with van der Waals surface area (Å²) in [5, 5.41) is 0. The van der Waals surface area contributed by atoms with Gasteiger partial charge in [0.2, 0.25) is 5.91 Å². The minimum atomic E-state index is -0.364. The Morgan fingerprint density at radius 1 is 1.21 bits per heavy atom. The number of halogens is 1. The molecule has 1 aliphatic rings. The van der Waals surface area contributed by atoms with Crippen molar-refractivity contribution >= 4 is 11.6 Å². The molecule has 29 heavy (non-hydrogen) atoms. The number of amides is 1. The molecule has 0 aliphatic carbocycles. The monoisotopic (exact) mass is 392 g/mol. The number of hydrogen-bond donors (Lipinski definition) is 1. The van der Waals surface area contributed by atoms with Gasteiger partial charge in [0.15, 0.2) is 0 Å². The molecule has 0 atom stereocenters. The average molecular weight is 392 g/mol. The fourth-order valence-corrected chi connectivity index (χ4v) is 3.46. The lowest BCUT2D eigenvalue weighted by Gasteiger charge is -2.16. The summed E-state index contributed by atoms with van der Waals surface area (Å²) in [7, 11) is 1.62. The molecule has 0 fully saturated rings. The molecule has 1 aliphatic heterocycles. The van der Waals surface area contributed by atoms with Gasteiger partial charge in [0.1, 0.15) is 5.82 Å². The first-order valence-corrected chi connectivity index (χ1v) is 9.29. The highest BCUT2D eigenvalue weighted by atomic mass is 19.1. The zero-order valence-electron chi connectivity index (χ0n) is 16.1. The van der Waals surface area contributed by atoms with Crippen molar-refractivity contribution in [2.45, 2.75) is 26.1 Å². The van der Waals surface area contributed by atoms with Gasteiger partial charge in [-0.15, -0.1) is 0 Å². The summed E-state index contributed by atoms with van der Waals surface area (Å²) in [4.78, 5) is 23.4. The predicted octanol–water partition coefficient (Wildman–Crippen LogP) is 3.10. The number of benzene rings is 1. The van der Waals surface area contributed by atoms with E-state index in [0.717, 1.165) is 16.8 Å². The number of nitrogen functional groups attached to an aromatic ring is 1. The molecule has 1 amide bonds. The molecule has 0 saturated carbocycles. The number of carbonyl (C=O) groups is 1. The van der Waals surface area contributed by atoms with Gasteiger partial charge in [-0.3, -0.25) is 14.8 Å².